The third kappa shape index (κ3) is 2.69. The van der Waals surface area contributed by atoms with Gasteiger partial charge in [-0.15, -0.1) is 0 Å². The number of halogens is 1. The van der Waals surface area contributed by atoms with E-state index >= 15 is 0 Å². The van der Waals surface area contributed by atoms with E-state index in [0.717, 1.165) is 16.9 Å². The van der Waals surface area contributed by atoms with E-state index in [1.165, 1.54) is 15.4 Å². The molecule has 1 heterocycles. The number of para-hydroxylation sites is 1. The van der Waals surface area contributed by atoms with Crippen LogP contribution in [-0.2, 0) is 0 Å². The van der Waals surface area contributed by atoms with Crippen molar-refractivity contribution in [2.75, 3.05) is 5.32 Å². The summed E-state index contributed by atoms with van der Waals surface area (Å²) in [6, 6.07) is 20.3. The summed E-state index contributed by atoms with van der Waals surface area (Å²) in [4.78, 5) is 2.49. The number of hydrogen-bond acceptors (Lipinski definition) is 2. The highest BCUT2D eigenvalue weighted by atomic mass is 32.2. The van der Waals surface area contributed by atoms with Crippen LogP contribution in [0.1, 0.15) is 29.5 Å². The Labute approximate surface area is 145 Å². The number of rotatable bonds is 2. The third-order valence-electron chi connectivity index (χ3n) is 4.56. The van der Waals surface area contributed by atoms with Gasteiger partial charge in [0.05, 0.1) is 11.4 Å². The molecule has 1 atom stereocenters. The Morgan fingerprint density at radius 3 is 2.42 bits per heavy atom. The fraction of sp³-hybridized carbons (Fsp3) is 0.143. The molecule has 0 aromatic heterocycles. The van der Waals surface area contributed by atoms with Gasteiger partial charge in [0.25, 0.3) is 0 Å². The lowest BCUT2D eigenvalue weighted by molar-refractivity contribution is 0.617. The molecule has 0 saturated heterocycles. The van der Waals surface area contributed by atoms with Gasteiger partial charge in [-0.25, -0.2) is 4.39 Å². The topological polar surface area (TPSA) is 12.0 Å². The van der Waals surface area contributed by atoms with Gasteiger partial charge in [0.2, 0.25) is 0 Å². The van der Waals surface area contributed by atoms with Crippen LogP contribution in [0.4, 0.5) is 15.8 Å². The van der Waals surface area contributed by atoms with E-state index in [0.29, 0.717) is 5.56 Å². The molecule has 3 heteroatoms. The average molecular weight is 335 g/mol. The highest BCUT2D eigenvalue weighted by Crippen LogP contribution is 2.45. The summed E-state index contributed by atoms with van der Waals surface area (Å²) in [6.07, 6.45) is 0. The van der Waals surface area contributed by atoms with Crippen LogP contribution in [0.25, 0.3) is 0 Å². The number of aryl methyl sites for hydroxylation is 1. The van der Waals surface area contributed by atoms with E-state index in [-0.39, 0.29) is 11.7 Å². The van der Waals surface area contributed by atoms with Crippen LogP contribution in [0.15, 0.2) is 70.5 Å². The number of hydrogen-bond donors (Lipinski definition) is 1. The quantitative estimate of drug-likeness (QED) is 0.449. The molecule has 1 nitrogen and oxygen atoms in total. The maximum Gasteiger partial charge on any atom is 0.126 e. The molecule has 3 aromatic carbocycles. The minimum atomic E-state index is -0.147. The Bertz CT molecular complexity index is 919. The molecule has 24 heavy (non-hydrogen) atoms. The standard InChI is InChI=1S/C21H18FNS/c1-13-11-15(7-9-17(13)22)14(2)16-8-10-21-19(12-16)23-18-5-3-4-6-20(18)24-21/h3-12,14,23H,1-2H3. The van der Waals surface area contributed by atoms with Gasteiger partial charge in [-0.3, -0.25) is 0 Å². The molecule has 120 valence electrons. The largest absolute Gasteiger partial charge is 0.354 e. The van der Waals surface area contributed by atoms with E-state index in [1.807, 2.05) is 25.1 Å². The Morgan fingerprint density at radius 1 is 0.875 bits per heavy atom. The first-order valence-corrected chi connectivity index (χ1v) is 8.87. The van der Waals surface area contributed by atoms with Crippen molar-refractivity contribution >= 4 is 23.1 Å². The van der Waals surface area contributed by atoms with Crippen LogP contribution in [0.3, 0.4) is 0 Å². The van der Waals surface area contributed by atoms with Crippen LogP contribution in [0.5, 0.6) is 0 Å². The lowest BCUT2D eigenvalue weighted by Crippen LogP contribution is -2.03. The molecule has 0 spiro atoms. The van der Waals surface area contributed by atoms with Crippen molar-refractivity contribution in [2.24, 2.45) is 0 Å². The molecule has 3 aromatic rings. The Balaban J connectivity index is 1.67. The van der Waals surface area contributed by atoms with Crippen LogP contribution < -0.4 is 5.32 Å². The predicted octanol–water partition coefficient (Wildman–Crippen LogP) is 6.49. The normalized spacial score (nSPS) is 13.6. The molecule has 1 aliphatic rings. The third-order valence-corrected chi connectivity index (χ3v) is 5.71. The summed E-state index contributed by atoms with van der Waals surface area (Å²) in [7, 11) is 0. The second kappa shape index (κ2) is 5.99. The van der Waals surface area contributed by atoms with Gasteiger partial charge in [0.15, 0.2) is 0 Å². The van der Waals surface area contributed by atoms with Gasteiger partial charge in [-0.1, -0.05) is 49.0 Å². The molecule has 0 fully saturated rings. The van der Waals surface area contributed by atoms with Crippen molar-refractivity contribution in [3.8, 4) is 0 Å². The van der Waals surface area contributed by atoms with Gasteiger partial charge >= 0.3 is 0 Å². The van der Waals surface area contributed by atoms with Crippen LogP contribution in [-0.4, -0.2) is 0 Å². The van der Waals surface area contributed by atoms with Crippen LogP contribution in [0, 0.1) is 12.7 Å². The lowest BCUT2D eigenvalue weighted by Gasteiger charge is -2.23. The summed E-state index contributed by atoms with van der Waals surface area (Å²) in [5.41, 5.74) is 5.35. The maximum atomic E-state index is 13.5. The summed E-state index contributed by atoms with van der Waals surface area (Å²) < 4.78 is 13.5. The molecular weight excluding hydrogens is 317 g/mol. The first-order valence-electron chi connectivity index (χ1n) is 8.06. The molecule has 0 amide bonds. The molecule has 1 aliphatic heterocycles. The van der Waals surface area contributed by atoms with Gasteiger partial charge in [-0.2, -0.15) is 0 Å². The summed E-state index contributed by atoms with van der Waals surface area (Å²) in [6.45, 7) is 3.98. The summed E-state index contributed by atoms with van der Waals surface area (Å²) in [5.74, 6) is 0.0737. The highest BCUT2D eigenvalue weighted by molar-refractivity contribution is 7.99. The molecular formula is C21H18FNS. The monoisotopic (exact) mass is 335 g/mol. The zero-order valence-corrected chi connectivity index (χ0v) is 14.5. The number of nitrogens with one attached hydrogen (secondary N) is 1. The van der Waals surface area contributed by atoms with Gasteiger partial charge in [0, 0.05) is 15.7 Å². The zero-order valence-electron chi connectivity index (χ0n) is 13.6. The second-order valence-electron chi connectivity index (χ2n) is 6.21. The van der Waals surface area contributed by atoms with Crippen molar-refractivity contribution in [3.05, 3.63) is 83.2 Å². The SMILES string of the molecule is Cc1cc(C(C)c2ccc3c(c2)Nc2ccccc2S3)ccc1F. The molecule has 1 N–H and O–H groups in total. The lowest BCUT2D eigenvalue weighted by atomic mass is 9.92. The van der Waals surface area contributed by atoms with Crippen molar-refractivity contribution in [1.29, 1.82) is 0 Å². The molecule has 0 radical (unpaired) electrons. The first-order chi connectivity index (χ1) is 11.6. The minimum absolute atomic E-state index is 0.147. The van der Waals surface area contributed by atoms with Gasteiger partial charge in [0.1, 0.15) is 5.82 Å². The molecule has 0 saturated carbocycles. The van der Waals surface area contributed by atoms with E-state index < -0.39 is 0 Å². The van der Waals surface area contributed by atoms with E-state index in [9.17, 15) is 4.39 Å². The summed E-state index contributed by atoms with van der Waals surface area (Å²) >= 11 is 1.79. The number of fused-ring (bicyclic) bond motifs is 2. The zero-order chi connectivity index (χ0) is 16.7. The predicted molar refractivity (Wildman–Crippen MR) is 98.9 cm³/mol. The fourth-order valence-corrected chi connectivity index (χ4v) is 4.02. The number of benzene rings is 3. The molecule has 1 unspecified atom stereocenters. The minimum Gasteiger partial charge on any atom is -0.354 e. The average Bonchev–Trinajstić information content (AvgIpc) is 2.61. The molecule has 4 rings (SSSR count). The van der Waals surface area contributed by atoms with Gasteiger partial charge in [-0.05, 0) is 53.9 Å². The second-order valence-corrected chi connectivity index (χ2v) is 7.29. The Kier molecular flexibility index (Phi) is 3.81. The van der Waals surface area contributed by atoms with Crippen molar-refractivity contribution in [3.63, 3.8) is 0 Å². The van der Waals surface area contributed by atoms with Crippen molar-refractivity contribution < 1.29 is 4.39 Å². The van der Waals surface area contributed by atoms with Crippen molar-refractivity contribution in [2.45, 2.75) is 29.6 Å². The van der Waals surface area contributed by atoms with Crippen molar-refractivity contribution in [1.82, 2.24) is 0 Å². The number of anilines is 2. The van der Waals surface area contributed by atoms with E-state index in [2.05, 4.69) is 48.6 Å². The van der Waals surface area contributed by atoms with E-state index in [4.69, 9.17) is 0 Å². The van der Waals surface area contributed by atoms with Crippen LogP contribution in [0.2, 0.25) is 0 Å². The van der Waals surface area contributed by atoms with E-state index in [1.54, 1.807) is 17.8 Å². The first kappa shape index (κ1) is 15.3. The van der Waals surface area contributed by atoms with Crippen LogP contribution >= 0.6 is 11.8 Å². The maximum absolute atomic E-state index is 13.5. The summed E-state index contributed by atoms with van der Waals surface area (Å²) in [5, 5.41) is 3.53. The highest BCUT2D eigenvalue weighted by Gasteiger charge is 2.17. The Morgan fingerprint density at radius 2 is 1.58 bits per heavy atom. The molecule has 0 aliphatic carbocycles. The fourth-order valence-electron chi connectivity index (χ4n) is 3.06. The smallest absolute Gasteiger partial charge is 0.126 e. The Hall–Kier alpha value is -2.26. The van der Waals surface area contributed by atoms with Gasteiger partial charge < -0.3 is 5.32 Å². The molecule has 0 bridgehead atoms.